The van der Waals surface area contributed by atoms with Gasteiger partial charge in [0.15, 0.2) is 0 Å². The van der Waals surface area contributed by atoms with E-state index in [4.69, 9.17) is 5.73 Å². The van der Waals surface area contributed by atoms with Crippen molar-refractivity contribution in [2.75, 3.05) is 0 Å². The van der Waals surface area contributed by atoms with Gasteiger partial charge in [-0.25, -0.2) is 0 Å². The Morgan fingerprint density at radius 3 is 1.83 bits per heavy atom. The van der Waals surface area contributed by atoms with Crippen LogP contribution in [0.4, 0.5) is 0 Å². The fraction of sp³-hybridized carbons (Fsp3) is 1.00. The minimum absolute atomic E-state index is 0.215. The molecule has 0 aromatic rings. The zero-order valence-electron chi connectivity index (χ0n) is 7.68. The Labute approximate surface area is 74.1 Å². The van der Waals surface area contributed by atoms with Gasteiger partial charge in [0.2, 0.25) is 0 Å². The highest BCUT2D eigenvalue weighted by molar-refractivity contribution is 5.09. The average Bonchev–Trinajstić information content (AvgIpc) is 2.01. The lowest BCUT2D eigenvalue weighted by atomic mass is 9.61. The molecule has 0 spiro atoms. The van der Waals surface area contributed by atoms with E-state index in [2.05, 4.69) is 0 Å². The van der Waals surface area contributed by atoms with Gasteiger partial charge in [0.25, 0.3) is 0 Å². The molecule has 2 aliphatic carbocycles. The summed E-state index contributed by atoms with van der Waals surface area (Å²) in [4.78, 5) is 0. The Balaban J connectivity index is 2.07. The standard InChI is InChI=1S/C10H19NO/c11-9(5-4-6-9)10(12)7-2-1-3-8-10/h12H,1-8,11H2. The van der Waals surface area contributed by atoms with Crippen LogP contribution in [-0.4, -0.2) is 16.2 Å². The van der Waals surface area contributed by atoms with Crippen molar-refractivity contribution in [3.8, 4) is 0 Å². The molecule has 0 radical (unpaired) electrons. The number of rotatable bonds is 1. The van der Waals surface area contributed by atoms with Crippen LogP contribution in [0.2, 0.25) is 0 Å². The first-order valence-corrected chi connectivity index (χ1v) is 5.18. The van der Waals surface area contributed by atoms with Gasteiger partial charge in [0, 0.05) is 5.54 Å². The highest BCUT2D eigenvalue weighted by Gasteiger charge is 2.51. The average molecular weight is 169 g/mol. The van der Waals surface area contributed by atoms with Crippen molar-refractivity contribution in [1.29, 1.82) is 0 Å². The smallest absolute Gasteiger partial charge is 0.0826 e. The molecule has 2 saturated carbocycles. The van der Waals surface area contributed by atoms with Crippen LogP contribution < -0.4 is 5.73 Å². The molecule has 2 nitrogen and oxygen atoms in total. The van der Waals surface area contributed by atoms with Crippen LogP contribution in [0, 0.1) is 0 Å². The second kappa shape index (κ2) is 2.71. The van der Waals surface area contributed by atoms with Crippen molar-refractivity contribution >= 4 is 0 Å². The molecule has 12 heavy (non-hydrogen) atoms. The predicted octanol–water partition coefficient (Wildman–Crippen LogP) is 1.56. The first-order chi connectivity index (χ1) is 5.66. The summed E-state index contributed by atoms with van der Waals surface area (Å²) in [7, 11) is 0. The quantitative estimate of drug-likeness (QED) is 0.625. The lowest BCUT2D eigenvalue weighted by Crippen LogP contribution is -2.65. The fourth-order valence-electron chi connectivity index (χ4n) is 2.66. The SMILES string of the molecule is NC1(C2(O)CCCCC2)CCC1. The van der Waals surface area contributed by atoms with Crippen LogP contribution in [0.15, 0.2) is 0 Å². The number of nitrogens with two attached hydrogens (primary N) is 1. The Morgan fingerprint density at radius 1 is 0.833 bits per heavy atom. The molecule has 70 valence electrons. The summed E-state index contributed by atoms with van der Waals surface area (Å²) < 4.78 is 0. The molecule has 0 unspecified atom stereocenters. The zero-order valence-corrected chi connectivity index (χ0v) is 7.68. The largest absolute Gasteiger partial charge is 0.388 e. The van der Waals surface area contributed by atoms with E-state index >= 15 is 0 Å². The van der Waals surface area contributed by atoms with Gasteiger partial charge in [-0.3, -0.25) is 0 Å². The molecule has 0 aliphatic heterocycles. The van der Waals surface area contributed by atoms with Crippen LogP contribution in [-0.2, 0) is 0 Å². The predicted molar refractivity (Wildman–Crippen MR) is 48.8 cm³/mol. The Kier molecular flexibility index (Phi) is 1.92. The van der Waals surface area contributed by atoms with Crippen LogP contribution in [0.3, 0.4) is 0 Å². The molecule has 0 aromatic carbocycles. The molecular formula is C10H19NO. The highest BCUT2D eigenvalue weighted by Crippen LogP contribution is 2.45. The summed E-state index contributed by atoms with van der Waals surface area (Å²) >= 11 is 0. The molecule has 0 atom stereocenters. The maximum atomic E-state index is 10.3. The monoisotopic (exact) mass is 169 g/mol. The van der Waals surface area contributed by atoms with Crippen molar-refractivity contribution in [2.45, 2.75) is 62.5 Å². The Morgan fingerprint density at radius 2 is 1.42 bits per heavy atom. The molecule has 0 aromatic heterocycles. The first-order valence-electron chi connectivity index (χ1n) is 5.18. The van der Waals surface area contributed by atoms with Gasteiger partial charge in [-0.1, -0.05) is 19.3 Å². The second-order valence-electron chi connectivity index (χ2n) is 4.60. The van der Waals surface area contributed by atoms with Crippen LogP contribution in [0.1, 0.15) is 51.4 Å². The van der Waals surface area contributed by atoms with E-state index in [1.54, 1.807) is 0 Å². The van der Waals surface area contributed by atoms with E-state index in [-0.39, 0.29) is 5.54 Å². The van der Waals surface area contributed by atoms with E-state index in [9.17, 15) is 5.11 Å². The Bertz CT molecular complexity index is 169. The lowest BCUT2D eigenvalue weighted by molar-refractivity contribution is -0.0943. The van der Waals surface area contributed by atoms with E-state index in [1.165, 1.54) is 12.8 Å². The summed E-state index contributed by atoms with van der Waals surface area (Å²) in [5.74, 6) is 0. The van der Waals surface area contributed by atoms with Gasteiger partial charge in [-0.2, -0.15) is 0 Å². The highest BCUT2D eigenvalue weighted by atomic mass is 16.3. The summed E-state index contributed by atoms with van der Waals surface area (Å²) in [6.45, 7) is 0. The number of hydrogen-bond donors (Lipinski definition) is 2. The summed E-state index contributed by atoms with van der Waals surface area (Å²) in [6, 6.07) is 0. The Hall–Kier alpha value is -0.0800. The van der Waals surface area contributed by atoms with Gasteiger partial charge in [-0.15, -0.1) is 0 Å². The summed E-state index contributed by atoms with van der Waals surface area (Å²) in [5, 5.41) is 10.3. The van der Waals surface area contributed by atoms with Crippen molar-refractivity contribution < 1.29 is 5.11 Å². The molecule has 0 heterocycles. The topological polar surface area (TPSA) is 46.2 Å². The second-order valence-corrected chi connectivity index (χ2v) is 4.60. The van der Waals surface area contributed by atoms with Crippen LogP contribution in [0.25, 0.3) is 0 Å². The number of hydrogen-bond acceptors (Lipinski definition) is 2. The first kappa shape index (κ1) is 8.52. The molecule has 0 saturated heterocycles. The molecule has 2 aliphatic rings. The van der Waals surface area contributed by atoms with Crippen molar-refractivity contribution in [1.82, 2.24) is 0 Å². The van der Waals surface area contributed by atoms with Gasteiger partial charge in [0.05, 0.1) is 5.60 Å². The van der Waals surface area contributed by atoms with Crippen molar-refractivity contribution in [2.24, 2.45) is 5.73 Å². The zero-order chi connectivity index (χ0) is 8.66. The van der Waals surface area contributed by atoms with E-state index < -0.39 is 5.60 Å². The van der Waals surface area contributed by atoms with Crippen molar-refractivity contribution in [3.63, 3.8) is 0 Å². The van der Waals surface area contributed by atoms with Crippen LogP contribution in [0.5, 0.6) is 0 Å². The maximum absolute atomic E-state index is 10.3. The fourth-order valence-corrected chi connectivity index (χ4v) is 2.66. The van der Waals surface area contributed by atoms with Gasteiger partial charge in [0.1, 0.15) is 0 Å². The summed E-state index contributed by atoms with van der Waals surface area (Å²) in [6.07, 6.45) is 8.74. The minimum atomic E-state index is -0.510. The molecular weight excluding hydrogens is 150 g/mol. The molecule has 0 bridgehead atoms. The third kappa shape index (κ3) is 1.09. The molecule has 2 heteroatoms. The van der Waals surface area contributed by atoms with E-state index in [0.717, 1.165) is 38.5 Å². The molecule has 2 rings (SSSR count). The van der Waals surface area contributed by atoms with E-state index in [1.807, 2.05) is 0 Å². The van der Waals surface area contributed by atoms with Gasteiger partial charge < -0.3 is 10.8 Å². The normalized spacial score (nSPS) is 32.5. The molecule has 3 N–H and O–H groups in total. The molecule has 0 amide bonds. The van der Waals surface area contributed by atoms with Crippen LogP contribution >= 0.6 is 0 Å². The summed E-state index contributed by atoms with van der Waals surface area (Å²) in [5.41, 5.74) is 5.44. The lowest BCUT2D eigenvalue weighted by Gasteiger charge is -2.52. The van der Waals surface area contributed by atoms with E-state index in [0.29, 0.717) is 0 Å². The van der Waals surface area contributed by atoms with Gasteiger partial charge >= 0.3 is 0 Å². The third-order valence-corrected chi connectivity index (χ3v) is 3.85. The third-order valence-electron chi connectivity index (χ3n) is 3.85. The van der Waals surface area contributed by atoms with Gasteiger partial charge in [-0.05, 0) is 32.1 Å². The van der Waals surface area contributed by atoms with Crippen molar-refractivity contribution in [3.05, 3.63) is 0 Å². The number of aliphatic hydroxyl groups is 1. The molecule has 2 fully saturated rings. The maximum Gasteiger partial charge on any atom is 0.0826 e. The minimum Gasteiger partial charge on any atom is -0.388 e.